The van der Waals surface area contributed by atoms with Crippen LogP contribution in [0.4, 0.5) is 0 Å². The number of benzene rings is 1. The molecule has 0 bridgehead atoms. The number of nitrogens with zero attached hydrogens (tertiary/aromatic N) is 2. The van der Waals surface area contributed by atoms with Crippen molar-refractivity contribution in [1.29, 1.82) is 0 Å². The van der Waals surface area contributed by atoms with Gasteiger partial charge >= 0.3 is 0 Å². The van der Waals surface area contributed by atoms with Crippen molar-refractivity contribution in [2.24, 2.45) is 0 Å². The molecule has 2 aliphatic heterocycles. The number of rotatable bonds is 4. The minimum atomic E-state index is -0.474. The number of aromatic amines is 1. The molecule has 0 radical (unpaired) electrons. The van der Waals surface area contributed by atoms with Gasteiger partial charge in [0, 0.05) is 19.2 Å². The Hall–Kier alpha value is -2.38. The van der Waals surface area contributed by atoms with Crippen LogP contribution in [0.3, 0.4) is 0 Å². The Morgan fingerprint density at radius 2 is 2.27 bits per heavy atom. The van der Waals surface area contributed by atoms with Gasteiger partial charge in [-0.2, -0.15) is 5.10 Å². The molecule has 0 unspecified atom stereocenters. The third kappa shape index (κ3) is 2.87. The summed E-state index contributed by atoms with van der Waals surface area (Å²) in [5.41, 5.74) is 1.20. The van der Waals surface area contributed by atoms with Gasteiger partial charge in [-0.15, -0.1) is 0 Å². The number of likely N-dealkylation sites (tertiary alicyclic amines) is 1. The fourth-order valence-electron chi connectivity index (χ4n) is 4.09. The minimum absolute atomic E-state index is 0.0742. The van der Waals surface area contributed by atoms with Crippen molar-refractivity contribution < 1.29 is 19.0 Å². The van der Waals surface area contributed by atoms with Crippen molar-refractivity contribution in [2.45, 2.75) is 24.0 Å². The Labute approximate surface area is 152 Å². The molecule has 1 N–H and O–H groups in total. The summed E-state index contributed by atoms with van der Waals surface area (Å²) in [5, 5.41) is 6.60. The fourth-order valence-corrected chi connectivity index (χ4v) is 4.09. The minimum Gasteiger partial charge on any atom is -0.497 e. The lowest BCUT2D eigenvalue weighted by atomic mass is 9.87. The summed E-state index contributed by atoms with van der Waals surface area (Å²) in [7, 11) is 3.35. The van der Waals surface area contributed by atoms with E-state index in [1.165, 1.54) is 5.56 Å². The topological polar surface area (TPSA) is 76.7 Å². The average Bonchev–Trinajstić information content (AvgIpc) is 3.42. The van der Waals surface area contributed by atoms with E-state index in [0.29, 0.717) is 25.4 Å². The number of ether oxygens (including phenoxy) is 3. The van der Waals surface area contributed by atoms with Crippen LogP contribution < -0.4 is 4.74 Å². The first-order chi connectivity index (χ1) is 12.6. The highest BCUT2D eigenvalue weighted by Crippen LogP contribution is 2.43. The molecule has 26 heavy (non-hydrogen) atoms. The second-order valence-electron chi connectivity index (χ2n) is 6.93. The summed E-state index contributed by atoms with van der Waals surface area (Å²) in [4.78, 5) is 14.5. The van der Waals surface area contributed by atoms with Crippen LogP contribution in [0, 0.1) is 0 Å². The van der Waals surface area contributed by atoms with Gasteiger partial charge in [0.1, 0.15) is 23.1 Å². The van der Waals surface area contributed by atoms with Crippen molar-refractivity contribution >= 4 is 5.91 Å². The monoisotopic (exact) mass is 357 g/mol. The molecule has 138 valence electrons. The van der Waals surface area contributed by atoms with Crippen molar-refractivity contribution in [1.82, 2.24) is 15.1 Å². The van der Waals surface area contributed by atoms with E-state index in [2.05, 4.69) is 22.3 Å². The zero-order valence-corrected chi connectivity index (χ0v) is 15.0. The lowest BCUT2D eigenvalue weighted by molar-refractivity contribution is -0.0755. The third-order valence-electron chi connectivity index (χ3n) is 5.46. The third-order valence-corrected chi connectivity index (χ3v) is 5.46. The Morgan fingerprint density at radius 1 is 1.38 bits per heavy atom. The van der Waals surface area contributed by atoms with Gasteiger partial charge in [-0.25, -0.2) is 0 Å². The van der Waals surface area contributed by atoms with Crippen molar-refractivity contribution in [3.05, 3.63) is 47.8 Å². The number of hydrogen-bond acceptors (Lipinski definition) is 5. The van der Waals surface area contributed by atoms with Gasteiger partial charge in [0.25, 0.3) is 5.91 Å². The van der Waals surface area contributed by atoms with Gasteiger partial charge in [-0.1, -0.05) is 12.1 Å². The first kappa shape index (κ1) is 17.1. The zero-order chi connectivity index (χ0) is 18.1. The lowest BCUT2D eigenvalue weighted by Gasteiger charge is -2.28. The van der Waals surface area contributed by atoms with E-state index in [1.54, 1.807) is 31.4 Å². The van der Waals surface area contributed by atoms with Crippen LogP contribution >= 0.6 is 0 Å². The van der Waals surface area contributed by atoms with E-state index in [1.807, 2.05) is 12.1 Å². The second kappa shape index (κ2) is 6.74. The molecule has 7 heteroatoms. The van der Waals surface area contributed by atoms with Gasteiger partial charge in [0.15, 0.2) is 0 Å². The fraction of sp³-hybridized carbons (Fsp3) is 0.474. The first-order valence-electron chi connectivity index (χ1n) is 8.74. The van der Waals surface area contributed by atoms with Crippen LogP contribution in [0.1, 0.15) is 28.4 Å². The Bertz CT molecular complexity index is 779. The normalized spacial score (nSPS) is 28.0. The molecule has 3 atom stereocenters. The van der Waals surface area contributed by atoms with Crippen molar-refractivity contribution in [2.75, 3.05) is 33.9 Å². The zero-order valence-electron chi connectivity index (χ0n) is 15.0. The van der Waals surface area contributed by atoms with Gasteiger partial charge in [-0.05, 0) is 30.2 Å². The maximum atomic E-state index is 12.7. The summed E-state index contributed by atoms with van der Waals surface area (Å²) in [6.07, 6.45) is 2.24. The molecule has 0 saturated carbocycles. The number of carbonyl (C=O) groups is 1. The number of hydrogen-bond donors (Lipinski definition) is 1. The predicted octanol–water partition coefficient (Wildman–Crippen LogP) is 1.83. The van der Waals surface area contributed by atoms with Gasteiger partial charge < -0.3 is 19.1 Å². The Kier molecular flexibility index (Phi) is 4.42. The smallest absolute Gasteiger partial charge is 0.272 e. The predicted molar refractivity (Wildman–Crippen MR) is 94.3 cm³/mol. The van der Waals surface area contributed by atoms with Gasteiger partial charge in [-0.3, -0.25) is 9.89 Å². The molecule has 7 nitrogen and oxygen atoms in total. The molecule has 4 rings (SSSR count). The summed E-state index contributed by atoms with van der Waals surface area (Å²) in [6, 6.07) is 9.77. The van der Waals surface area contributed by atoms with E-state index in [9.17, 15) is 4.79 Å². The summed E-state index contributed by atoms with van der Waals surface area (Å²) in [5.74, 6) is 1.02. The molecule has 2 saturated heterocycles. The van der Waals surface area contributed by atoms with E-state index in [-0.39, 0.29) is 17.9 Å². The number of H-pyrrole nitrogens is 1. The highest BCUT2D eigenvalue weighted by Gasteiger charge is 2.54. The van der Waals surface area contributed by atoms with Crippen LogP contribution in [0.25, 0.3) is 0 Å². The lowest BCUT2D eigenvalue weighted by Crippen LogP contribution is -2.42. The standard InChI is InChI=1S/C19H23N3O4/c1-24-15-5-3-4-13(8-15)14-9-19(26-11-14)12-22(10-17(19)25-2)18(23)16-6-7-20-21-16/h3-8,14,17H,9-12H2,1-2H3,(H,20,21)/t14-,17+,19+/m0/s1. The number of nitrogens with one attached hydrogen (secondary N) is 1. The van der Waals surface area contributed by atoms with E-state index < -0.39 is 5.60 Å². The molecule has 2 fully saturated rings. The number of carbonyl (C=O) groups excluding carboxylic acids is 1. The van der Waals surface area contributed by atoms with Crippen LogP contribution in [-0.4, -0.2) is 66.6 Å². The average molecular weight is 357 g/mol. The molecule has 2 aliphatic rings. The van der Waals surface area contributed by atoms with Gasteiger partial charge in [0.05, 0.1) is 26.8 Å². The van der Waals surface area contributed by atoms with Crippen molar-refractivity contribution in [3.63, 3.8) is 0 Å². The largest absolute Gasteiger partial charge is 0.497 e. The van der Waals surface area contributed by atoms with Crippen LogP contribution in [-0.2, 0) is 9.47 Å². The van der Waals surface area contributed by atoms with Crippen LogP contribution in [0.15, 0.2) is 36.5 Å². The van der Waals surface area contributed by atoms with Crippen LogP contribution in [0.5, 0.6) is 5.75 Å². The molecule has 1 aromatic heterocycles. The molecule has 3 heterocycles. The highest BCUT2D eigenvalue weighted by atomic mass is 16.6. The number of aromatic nitrogens is 2. The van der Waals surface area contributed by atoms with E-state index >= 15 is 0 Å². The van der Waals surface area contributed by atoms with Gasteiger partial charge in [0.2, 0.25) is 0 Å². The summed E-state index contributed by atoms with van der Waals surface area (Å²) in [6.45, 7) is 1.64. The molecule has 1 amide bonds. The molecular weight excluding hydrogens is 334 g/mol. The Morgan fingerprint density at radius 3 is 3.00 bits per heavy atom. The van der Waals surface area contributed by atoms with Crippen molar-refractivity contribution in [3.8, 4) is 5.75 Å². The number of amides is 1. The van der Waals surface area contributed by atoms with E-state index in [0.717, 1.165) is 12.2 Å². The highest BCUT2D eigenvalue weighted by molar-refractivity contribution is 5.92. The van der Waals surface area contributed by atoms with E-state index in [4.69, 9.17) is 14.2 Å². The molecule has 0 aliphatic carbocycles. The maximum Gasteiger partial charge on any atom is 0.272 e. The van der Waals surface area contributed by atoms with Crippen LogP contribution in [0.2, 0.25) is 0 Å². The summed E-state index contributed by atoms with van der Waals surface area (Å²) < 4.78 is 17.3. The Balaban J connectivity index is 1.53. The SMILES string of the molecule is COc1cccc([C@@H]2CO[C@]3(C2)CN(C(=O)c2ccn[nH]2)C[C@H]3OC)c1. The maximum absolute atomic E-state index is 12.7. The summed E-state index contributed by atoms with van der Waals surface area (Å²) >= 11 is 0. The quantitative estimate of drug-likeness (QED) is 0.903. The first-order valence-corrected chi connectivity index (χ1v) is 8.74. The second-order valence-corrected chi connectivity index (χ2v) is 6.93. The molecule has 1 spiro atoms. The molecule has 1 aromatic carbocycles. The molecule has 2 aromatic rings. The molecular formula is C19H23N3O4. The number of methoxy groups -OCH3 is 2.